The standard InChI is InChI=1S/C21H22N4OS/c1-13-17-10-15(7-8-18(17)25-20(13)26)19-12-24-21(27-19)23-11-16(22)9-14-5-3-2-4-6-14/h2-8,10,12-13,16H,9,11,22H2,1H3,(H,23,24)(H,25,26)/t13?,16-/m1/s1. The molecule has 1 amide bonds. The minimum atomic E-state index is -0.110. The second kappa shape index (κ2) is 7.50. The molecule has 5 nitrogen and oxygen atoms in total. The summed E-state index contributed by atoms with van der Waals surface area (Å²) in [5.41, 5.74) is 10.5. The van der Waals surface area contributed by atoms with Crippen molar-refractivity contribution in [3.8, 4) is 10.4 Å². The molecular weight excluding hydrogens is 356 g/mol. The monoisotopic (exact) mass is 378 g/mol. The van der Waals surface area contributed by atoms with Gasteiger partial charge in [0.05, 0.1) is 10.8 Å². The van der Waals surface area contributed by atoms with Crippen LogP contribution in [0.15, 0.2) is 54.7 Å². The molecule has 2 heterocycles. The first-order chi connectivity index (χ1) is 13.1. The summed E-state index contributed by atoms with van der Waals surface area (Å²) in [6.45, 7) is 2.60. The lowest BCUT2D eigenvalue weighted by molar-refractivity contribution is -0.116. The molecule has 1 aromatic heterocycles. The van der Waals surface area contributed by atoms with E-state index in [0.717, 1.165) is 33.2 Å². The Kier molecular flexibility index (Phi) is 4.92. The molecule has 0 bridgehead atoms. The van der Waals surface area contributed by atoms with Crippen molar-refractivity contribution >= 4 is 28.1 Å². The lowest BCUT2D eigenvalue weighted by atomic mass is 10.0. The lowest BCUT2D eigenvalue weighted by Crippen LogP contribution is -2.31. The van der Waals surface area contributed by atoms with Crippen molar-refractivity contribution in [2.24, 2.45) is 5.73 Å². The van der Waals surface area contributed by atoms with Crippen LogP contribution in [0.3, 0.4) is 0 Å². The maximum absolute atomic E-state index is 11.8. The van der Waals surface area contributed by atoms with Gasteiger partial charge in [-0.1, -0.05) is 47.7 Å². The number of nitrogens with one attached hydrogen (secondary N) is 2. The molecule has 138 valence electrons. The highest BCUT2D eigenvalue weighted by Crippen LogP contribution is 2.37. The Morgan fingerprint density at radius 1 is 1.26 bits per heavy atom. The van der Waals surface area contributed by atoms with Gasteiger partial charge in [0.15, 0.2) is 5.13 Å². The molecule has 0 saturated carbocycles. The Morgan fingerprint density at radius 2 is 2.07 bits per heavy atom. The molecule has 1 aliphatic heterocycles. The van der Waals surface area contributed by atoms with Crippen molar-refractivity contribution in [2.45, 2.75) is 25.3 Å². The molecule has 3 aromatic rings. The summed E-state index contributed by atoms with van der Waals surface area (Å²) in [4.78, 5) is 17.4. The molecule has 1 aliphatic rings. The van der Waals surface area contributed by atoms with E-state index in [0.29, 0.717) is 6.54 Å². The molecule has 4 rings (SSSR count). The summed E-state index contributed by atoms with van der Waals surface area (Å²) in [5, 5.41) is 7.10. The van der Waals surface area contributed by atoms with Gasteiger partial charge in [0.25, 0.3) is 0 Å². The predicted molar refractivity (Wildman–Crippen MR) is 111 cm³/mol. The number of anilines is 2. The summed E-state index contributed by atoms with van der Waals surface area (Å²) < 4.78 is 0. The summed E-state index contributed by atoms with van der Waals surface area (Å²) in [7, 11) is 0. The van der Waals surface area contributed by atoms with E-state index in [1.807, 2.05) is 43.5 Å². The highest BCUT2D eigenvalue weighted by Gasteiger charge is 2.26. The van der Waals surface area contributed by atoms with E-state index in [1.165, 1.54) is 5.56 Å². The number of aromatic nitrogens is 1. The van der Waals surface area contributed by atoms with E-state index < -0.39 is 0 Å². The van der Waals surface area contributed by atoms with Crippen molar-refractivity contribution in [1.82, 2.24) is 4.98 Å². The minimum Gasteiger partial charge on any atom is -0.360 e. The van der Waals surface area contributed by atoms with Crippen LogP contribution in [0.1, 0.15) is 24.0 Å². The van der Waals surface area contributed by atoms with E-state index in [1.54, 1.807) is 11.3 Å². The third-order valence-electron chi connectivity index (χ3n) is 4.82. The van der Waals surface area contributed by atoms with Crippen LogP contribution in [0, 0.1) is 0 Å². The normalized spacial score (nSPS) is 16.7. The molecule has 0 aliphatic carbocycles. The molecular formula is C21H22N4OS. The average Bonchev–Trinajstić information content (AvgIpc) is 3.26. The Hall–Kier alpha value is -2.70. The highest BCUT2D eigenvalue weighted by molar-refractivity contribution is 7.18. The number of thiazole rings is 1. The number of amides is 1. The molecule has 1 unspecified atom stereocenters. The van der Waals surface area contributed by atoms with Crippen LogP contribution in [0.25, 0.3) is 10.4 Å². The summed E-state index contributed by atoms with van der Waals surface area (Å²) >= 11 is 1.60. The minimum absolute atomic E-state index is 0.0256. The van der Waals surface area contributed by atoms with Gasteiger partial charge >= 0.3 is 0 Å². The van der Waals surface area contributed by atoms with Gasteiger partial charge in [-0.2, -0.15) is 0 Å². The Balaban J connectivity index is 1.40. The summed E-state index contributed by atoms with van der Waals surface area (Å²) in [5.74, 6) is -0.0531. The number of hydrogen-bond acceptors (Lipinski definition) is 5. The molecule has 0 spiro atoms. The van der Waals surface area contributed by atoms with Crippen molar-refractivity contribution in [2.75, 3.05) is 17.2 Å². The average molecular weight is 379 g/mol. The van der Waals surface area contributed by atoms with E-state index in [2.05, 4.69) is 33.8 Å². The van der Waals surface area contributed by atoms with Gasteiger partial charge in [0.2, 0.25) is 5.91 Å². The topological polar surface area (TPSA) is 80.0 Å². The lowest BCUT2D eigenvalue weighted by Gasteiger charge is -2.12. The van der Waals surface area contributed by atoms with Crippen LogP contribution in [-0.4, -0.2) is 23.5 Å². The van der Waals surface area contributed by atoms with E-state index in [-0.39, 0.29) is 17.9 Å². The van der Waals surface area contributed by atoms with Gasteiger partial charge < -0.3 is 16.4 Å². The molecule has 27 heavy (non-hydrogen) atoms. The fourth-order valence-electron chi connectivity index (χ4n) is 3.27. The second-order valence-corrected chi connectivity index (χ2v) is 7.90. The van der Waals surface area contributed by atoms with Gasteiger partial charge in [0, 0.05) is 24.5 Å². The fourth-order valence-corrected chi connectivity index (χ4v) is 4.09. The molecule has 0 fully saturated rings. The maximum Gasteiger partial charge on any atom is 0.231 e. The van der Waals surface area contributed by atoms with Crippen molar-refractivity contribution in [1.29, 1.82) is 0 Å². The number of hydrogen-bond donors (Lipinski definition) is 3. The molecule has 2 aromatic carbocycles. The van der Waals surface area contributed by atoms with E-state index in [4.69, 9.17) is 5.73 Å². The first kappa shape index (κ1) is 17.7. The molecule has 2 atom stereocenters. The van der Waals surface area contributed by atoms with Crippen molar-refractivity contribution < 1.29 is 4.79 Å². The zero-order valence-electron chi connectivity index (χ0n) is 15.1. The zero-order valence-corrected chi connectivity index (χ0v) is 15.9. The number of nitrogens with two attached hydrogens (primary N) is 1. The first-order valence-corrected chi connectivity index (χ1v) is 9.86. The van der Waals surface area contributed by atoms with Crippen LogP contribution in [0.4, 0.5) is 10.8 Å². The summed E-state index contributed by atoms with van der Waals surface area (Å²) in [6, 6.07) is 16.4. The smallest absolute Gasteiger partial charge is 0.231 e. The van der Waals surface area contributed by atoms with Crippen LogP contribution >= 0.6 is 11.3 Å². The number of carbonyl (C=O) groups excluding carboxylic acids is 1. The highest BCUT2D eigenvalue weighted by atomic mass is 32.1. The second-order valence-electron chi connectivity index (χ2n) is 6.87. The zero-order chi connectivity index (χ0) is 18.8. The maximum atomic E-state index is 11.8. The fraction of sp³-hybridized carbons (Fsp3) is 0.238. The number of benzene rings is 2. The predicted octanol–water partition coefficient (Wildman–Crippen LogP) is 3.85. The van der Waals surface area contributed by atoms with Crippen LogP contribution < -0.4 is 16.4 Å². The molecule has 0 saturated heterocycles. The third-order valence-corrected chi connectivity index (χ3v) is 5.82. The van der Waals surface area contributed by atoms with Gasteiger partial charge in [0.1, 0.15) is 0 Å². The van der Waals surface area contributed by atoms with E-state index in [9.17, 15) is 4.79 Å². The van der Waals surface area contributed by atoms with Crippen LogP contribution in [0.2, 0.25) is 0 Å². The Morgan fingerprint density at radius 3 is 2.89 bits per heavy atom. The van der Waals surface area contributed by atoms with Gasteiger partial charge in [-0.15, -0.1) is 0 Å². The quantitative estimate of drug-likeness (QED) is 0.609. The number of rotatable bonds is 6. The van der Waals surface area contributed by atoms with Crippen molar-refractivity contribution in [3.05, 3.63) is 65.9 Å². The van der Waals surface area contributed by atoms with Crippen LogP contribution in [-0.2, 0) is 11.2 Å². The van der Waals surface area contributed by atoms with Gasteiger partial charge in [-0.25, -0.2) is 4.98 Å². The molecule has 0 radical (unpaired) electrons. The third kappa shape index (κ3) is 3.86. The van der Waals surface area contributed by atoms with Gasteiger partial charge in [-0.3, -0.25) is 4.79 Å². The number of carbonyl (C=O) groups is 1. The largest absolute Gasteiger partial charge is 0.360 e. The SMILES string of the molecule is CC1C(=O)Nc2ccc(-c3cnc(NC[C@H](N)Cc4ccccc4)s3)cc21. The molecule has 4 N–H and O–H groups in total. The number of fused-ring (bicyclic) bond motifs is 1. The Labute approximate surface area is 162 Å². The van der Waals surface area contributed by atoms with Gasteiger partial charge in [-0.05, 0) is 42.2 Å². The van der Waals surface area contributed by atoms with Crippen molar-refractivity contribution in [3.63, 3.8) is 0 Å². The summed E-state index contributed by atoms with van der Waals surface area (Å²) in [6.07, 6.45) is 2.70. The number of nitrogens with zero attached hydrogens (tertiary/aromatic N) is 1. The van der Waals surface area contributed by atoms with Crippen LogP contribution in [0.5, 0.6) is 0 Å². The first-order valence-electron chi connectivity index (χ1n) is 9.04. The Bertz CT molecular complexity index is 954. The van der Waals surface area contributed by atoms with E-state index >= 15 is 0 Å². The molecule has 6 heteroatoms.